The summed E-state index contributed by atoms with van der Waals surface area (Å²) in [6.07, 6.45) is 0. The second-order valence-electron chi connectivity index (χ2n) is 3.70. The molecule has 4 heteroatoms. The van der Waals surface area contributed by atoms with E-state index >= 15 is 0 Å². The first kappa shape index (κ1) is 13.6. The van der Waals surface area contributed by atoms with Crippen molar-refractivity contribution >= 4 is 17.5 Å². The minimum atomic E-state index is -0.217. The summed E-state index contributed by atoms with van der Waals surface area (Å²) >= 11 is 6.06. The zero-order chi connectivity index (χ0) is 12.8. The Kier molecular flexibility index (Phi) is 5.02. The van der Waals surface area contributed by atoms with Gasteiger partial charge in [0.1, 0.15) is 0 Å². The van der Waals surface area contributed by atoms with E-state index in [0.717, 1.165) is 16.7 Å². The summed E-state index contributed by atoms with van der Waals surface area (Å²) in [5, 5.41) is 3.20. The first-order chi connectivity index (χ1) is 8.04. The van der Waals surface area contributed by atoms with Crippen molar-refractivity contribution in [3.8, 4) is 11.8 Å². The van der Waals surface area contributed by atoms with Gasteiger partial charge in [-0.05, 0) is 37.1 Å². The monoisotopic (exact) mass is 250 g/mol. The summed E-state index contributed by atoms with van der Waals surface area (Å²) in [6.45, 7) is 4.26. The Balaban J connectivity index is 2.72. The van der Waals surface area contributed by atoms with Gasteiger partial charge in [0.2, 0.25) is 5.91 Å². The number of amides is 1. The highest BCUT2D eigenvalue weighted by Gasteiger charge is 2.00. The average Bonchev–Trinajstić information content (AvgIpc) is 2.30. The molecule has 17 heavy (non-hydrogen) atoms. The Morgan fingerprint density at radius 1 is 1.41 bits per heavy atom. The van der Waals surface area contributed by atoms with Gasteiger partial charge in [-0.15, -0.1) is 0 Å². The van der Waals surface area contributed by atoms with E-state index in [1.165, 1.54) is 0 Å². The molecule has 0 saturated carbocycles. The number of benzene rings is 1. The number of rotatable bonds is 2. The van der Waals surface area contributed by atoms with Crippen LogP contribution in [0.25, 0.3) is 0 Å². The van der Waals surface area contributed by atoms with Gasteiger partial charge in [0.25, 0.3) is 0 Å². The SMILES string of the molecule is Cc1cc(Cl)c(C#CCNC(=O)CN)cc1C. The van der Waals surface area contributed by atoms with Crippen LogP contribution in [0, 0.1) is 25.7 Å². The summed E-state index contributed by atoms with van der Waals surface area (Å²) in [4.78, 5) is 10.9. The van der Waals surface area contributed by atoms with Gasteiger partial charge in [0.05, 0.1) is 18.1 Å². The van der Waals surface area contributed by atoms with E-state index in [1.807, 2.05) is 26.0 Å². The lowest BCUT2D eigenvalue weighted by molar-refractivity contribution is -0.119. The maximum atomic E-state index is 10.9. The second kappa shape index (κ2) is 6.29. The van der Waals surface area contributed by atoms with Crippen LogP contribution in [0.4, 0.5) is 0 Å². The van der Waals surface area contributed by atoms with Crippen molar-refractivity contribution in [3.05, 3.63) is 33.8 Å². The van der Waals surface area contributed by atoms with Crippen LogP contribution >= 0.6 is 11.6 Å². The average molecular weight is 251 g/mol. The summed E-state index contributed by atoms with van der Waals surface area (Å²) in [5.41, 5.74) is 8.20. The maximum Gasteiger partial charge on any atom is 0.234 e. The molecule has 0 aliphatic rings. The highest BCUT2D eigenvalue weighted by atomic mass is 35.5. The molecule has 0 fully saturated rings. The molecule has 0 spiro atoms. The van der Waals surface area contributed by atoms with Crippen molar-refractivity contribution in [2.45, 2.75) is 13.8 Å². The van der Waals surface area contributed by atoms with Gasteiger partial charge in [0.15, 0.2) is 0 Å². The number of carbonyl (C=O) groups excluding carboxylic acids is 1. The van der Waals surface area contributed by atoms with Gasteiger partial charge in [-0.25, -0.2) is 0 Å². The van der Waals surface area contributed by atoms with E-state index in [2.05, 4.69) is 17.2 Å². The van der Waals surface area contributed by atoms with Gasteiger partial charge < -0.3 is 11.1 Å². The highest BCUT2D eigenvalue weighted by Crippen LogP contribution is 2.19. The van der Waals surface area contributed by atoms with Crippen LogP contribution in [0.2, 0.25) is 5.02 Å². The molecule has 0 aliphatic carbocycles. The smallest absolute Gasteiger partial charge is 0.234 e. The van der Waals surface area contributed by atoms with Gasteiger partial charge >= 0.3 is 0 Å². The summed E-state index contributed by atoms with van der Waals surface area (Å²) in [7, 11) is 0. The standard InChI is InChI=1S/C13H15ClN2O/c1-9-6-11(12(14)7-10(9)2)4-3-5-16-13(17)8-15/h6-7H,5,8,15H2,1-2H3,(H,16,17). The van der Waals surface area contributed by atoms with Crippen LogP contribution in [0.5, 0.6) is 0 Å². The summed E-state index contributed by atoms with van der Waals surface area (Å²) in [6, 6.07) is 3.83. The molecular weight excluding hydrogens is 236 g/mol. The third kappa shape index (κ3) is 4.10. The van der Waals surface area contributed by atoms with Crippen molar-refractivity contribution in [2.24, 2.45) is 5.73 Å². The molecule has 1 amide bonds. The molecule has 0 heterocycles. The topological polar surface area (TPSA) is 55.1 Å². The Morgan fingerprint density at radius 3 is 2.71 bits per heavy atom. The number of halogens is 1. The van der Waals surface area contributed by atoms with Crippen LogP contribution in [-0.4, -0.2) is 19.0 Å². The quantitative estimate of drug-likeness (QED) is 0.780. The van der Waals surface area contributed by atoms with E-state index in [1.54, 1.807) is 0 Å². The van der Waals surface area contributed by atoms with Crippen molar-refractivity contribution < 1.29 is 4.79 Å². The summed E-state index contributed by atoms with van der Waals surface area (Å²) < 4.78 is 0. The maximum absolute atomic E-state index is 10.9. The Hall–Kier alpha value is -1.50. The van der Waals surface area contributed by atoms with Gasteiger partial charge in [-0.3, -0.25) is 4.79 Å². The van der Waals surface area contributed by atoms with Crippen molar-refractivity contribution in [1.29, 1.82) is 0 Å². The number of aryl methyl sites for hydroxylation is 2. The summed E-state index contributed by atoms with van der Waals surface area (Å²) in [5.74, 6) is 5.54. The minimum absolute atomic E-state index is 0.0217. The Labute approximate surface area is 106 Å². The third-order valence-corrected chi connectivity index (χ3v) is 2.68. The molecule has 1 aromatic carbocycles. The Morgan fingerprint density at radius 2 is 2.06 bits per heavy atom. The number of carbonyl (C=O) groups is 1. The van der Waals surface area contributed by atoms with E-state index in [4.69, 9.17) is 17.3 Å². The molecule has 0 aliphatic heterocycles. The van der Waals surface area contributed by atoms with Gasteiger partial charge in [-0.1, -0.05) is 23.4 Å². The zero-order valence-electron chi connectivity index (χ0n) is 9.93. The van der Waals surface area contributed by atoms with Crippen LogP contribution < -0.4 is 11.1 Å². The second-order valence-corrected chi connectivity index (χ2v) is 4.11. The predicted octanol–water partition coefficient (Wildman–Crippen LogP) is 1.38. The Bertz CT molecular complexity index is 486. The van der Waals surface area contributed by atoms with Gasteiger partial charge in [0, 0.05) is 5.56 Å². The van der Waals surface area contributed by atoms with Crippen LogP contribution in [0.15, 0.2) is 12.1 Å². The van der Waals surface area contributed by atoms with E-state index in [-0.39, 0.29) is 19.0 Å². The van der Waals surface area contributed by atoms with E-state index < -0.39 is 0 Å². The minimum Gasteiger partial charge on any atom is -0.344 e. The zero-order valence-corrected chi connectivity index (χ0v) is 10.7. The molecule has 1 rings (SSSR count). The number of hydrogen-bond donors (Lipinski definition) is 2. The predicted molar refractivity (Wildman–Crippen MR) is 69.9 cm³/mol. The lowest BCUT2D eigenvalue weighted by atomic mass is 10.1. The van der Waals surface area contributed by atoms with Crippen molar-refractivity contribution in [2.75, 3.05) is 13.1 Å². The molecule has 3 nitrogen and oxygen atoms in total. The van der Waals surface area contributed by atoms with Gasteiger partial charge in [-0.2, -0.15) is 0 Å². The molecule has 0 unspecified atom stereocenters. The van der Waals surface area contributed by atoms with Crippen LogP contribution in [-0.2, 0) is 4.79 Å². The first-order valence-corrected chi connectivity index (χ1v) is 5.64. The lowest BCUT2D eigenvalue weighted by Crippen LogP contribution is -2.30. The number of hydrogen-bond acceptors (Lipinski definition) is 2. The molecule has 0 bridgehead atoms. The highest BCUT2D eigenvalue weighted by molar-refractivity contribution is 6.31. The van der Waals surface area contributed by atoms with E-state index in [9.17, 15) is 4.79 Å². The fourth-order valence-electron chi connectivity index (χ4n) is 1.23. The molecule has 3 N–H and O–H groups in total. The van der Waals surface area contributed by atoms with Crippen molar-refractivity contribution in [3.63, 3.8) is 0 Å². The first-order valence-electron chi connectivity index (χ1n) is 5.27. The molecular formula is C13H15ClN2O. The molecule has 0 radical (unpaired) electrons. The van der Waals surface area contributed by atoms with Crippen molar-refractivity contribution in [1.82, 2.24) is 5.32 Å². The fourth-order valence-corrected chi connectivity index (χ4v) is 1.50. The molecule has 0 saturated heterocycles. The fraction of sp³-hybridized carbons (Fsp3) is 0.308. The molecule has 1 aromatic rings. The third-order valence-electron chi connectivity index (χ3n) is 2.37. The molecule has 90 valence electrons. The molecule has 0 atom stereocenters. The lowest BCUT2D eigenvalue weighted by Gasteiger charge is -2.02. The van der Waals surface area contributed by atoms with E-state index in [0.29, 0.717) is 5.02 Å². The largest absolute Gasteiger partial charge is 0.344 e. The molecule has 0 aromatic heterocycles. The van der Waals surface area contributed by atoms with Crippen LogP contribution in [0.3, 0.4) is 0 Å². The van der Waals surface area contributed by atoms with Crippen LogP contribution in [0.1, 0.15) is 16.7 Å². The number of nitrogens with one attached hydrogen (secondary N) is 1. The normalized spacial score (nSPS) is 9.41. The number of nitrogens with two attached hydrogens (primary N) is 1.